The number of aromatic nitrogens is 2. The van der Waals surface area contributed by atoms with E-state index in [-0.39, 0.29) is 5.97 Å². The number of anilines is 2. The van der Waals surface area contributed by atoms with Crippen LogP contribution >= 0.6 is 11.3 Å². The van der Waals surface area contributed by atoms with Gasteiger partial charge in [0.2, 0.25) is 5.95 Å². The second-order valence-electron chi connectivity index (χ2n) is 4.41. The van der Waals surface area contributed by atoms with Crippen LogP contribution in [0.15, 0.2) is 6.07 Å². The lowest BCUT2D eigenvalue weighted by Crippen LogP contribution is -2.12. The highest BCUT2D eigenvalue weighted by atomic mass is 32.1. The van der Waals surface area contributed by atoms with E-state index in [1.807, 2.05) is 0 Å². The van der Waals surface area contributed by atoms with Gasteiger partial charge in [-0.3, -0.25) is 4.79 Å². The van der Waals surface area contributed by atoms with Crippen LogP contribution in [0, 0.1) is 0 Å². The van der Waals surface area contributed by atoms with E-state index in [1.165, 1.54) is 4.88 Å². The van der Waals surface area contributed by atoms with Gasteiger partial charge in [0.1, 0.15) is 10.6 Å². The van der Waals surface area contributed by atoms with Gasteiger partial charge in [-0.1, -0.05) is 6.92 Å². The minimum absolute atomic E-state index is 0.205. The van der Waals surface area contributed by atoms with Gasteiger partial charge < -0.3 is 15.4 Å². The monoisotopic (exact) mass is 308 g/mol. The summed E-state index contributed by atoms with van der Waals surface area (Å²) in [6.45, 7) is 4.82. The lowest BCUT2D eigenvalue weighted by molar-refractivity contribution is -0.142. The second-order valence-corrected chi connectivity index (χ2v) is 5.53. The number of esters is 1. The van der Waals surface area contributed by atoms with Gasteiger partial charge in [-0.25, -0.2) is 4.98 Å². The van der Waals surface area contributed by atoms with E-state index in [2.05, 4.69) is 33.6 Å². The van der Waals surface area contributed by atoms with Gasteiger partial charge in [0, 0.05) is 18.5 Å². The van der Waals surface area contributed by atoms with E-state index >= 15 is 0 Å². The third-order valence-corrected chi connectivity index (χ3v) is 4.12. The minimum Gasteiger partial charge on any atom is -0.466 e. The molecule has 21 heavy (non-hydrogen) atoms. The Bertz CT molecular complexity index is 627. The highest BCUT2D eigenvalue weighted by Gasteiger charge is 2.11. The molecular weight excluding hydrogens is 288 g/mol. The molecule has 0 aliphatic heterocycles. The van der Waals surface area contributed by atoms with Crippen LogP contribution in [0.4, 0.5) is 11.8 Å². The Morgan fingerprint density at radius 3 is 2.86 bits per heavy atom. The number of fused-ring (bicyclic) bond motifs is 1. The molecule has 0 saturated carbocycles. The van der Waals surface area contributed by atoms with Crippen molar-refractivity contribution in [1.29, 1.82) is 0 Å². The minimum atomic E-state index is -0.205. The quantitative estimate of drug-likeness (QED) is 0.766. The van der Waals surface area contributed by atoms with Crippen LogP contribution in [0.2, 0.25) is 0 Å². The summed E-state index contributed by atoms with van der Waals surface area (Å²) in [5.74, 6) is 1.12. The molecule has 0 radical (unpaired) electrons. The van der Waals surface area contributed by atoms with Crippen LogP contribution in [0.5, 0.6) is 0 Å². The molecule has 2 rings (SSSR count). The lowest BCUT2D eigenvalue weighted by Gasteiger charge is -2.08. The first kappa shape index (κ1) is 15.5. The molecule has 0 unspecified atom stereocenters. The van der Waals surface area contributed by atoms with Crippen molar-refractivity contribution in [3.05, 3.63) is 10.9 Å². The van der Waals surface area contributed by atoms with Crippen LogP contribution < -0.4 is 10.6 Å². The first-order valence-corrected chi connectivity index (χ1v) is 7.87. The lowest BCUT2D eigenvalue weighted by atomic mass is 10.3. The number of carbonyl (C=O) groups excluding carboxylic acids is 1. The molecule has 0 aliphatic carbocycles. The van der Waals surface area contributed by atoms with Gasteiger partial charge in [-0.2, -0.15) is 4.98 Å². The topological polar surface area (TPSA) is 76.1 Å². The zero-order chi connectivity index (χ0) is 15.2. The average molecular weight is 308 g/mol. The van der Waals surface area contributed by atoms with Crippen LogP contribution in [0.3, 0.4) is 0 Å². The largest absolute Gasteiger partial charge is 0.466 e. The summed E-state index contributed by atoms with van der Waals surface area (Å²) in [6, 6.07) is 2.10. The summed E-state index contributed by atoms with van der Waals surface area (Å²) in [7, 11) is 1.79. The average Bonchev–Trinajstić information content (AvgIpc) is 2.90. The van der Waals surface area contributed by atoms with Crippen molar-refractivity contribution >= 4 is 39.3 Å². The molecule has 2 N–H and O–H groups in total. The number of nitrogens with zero attached hydrogens (tertiary/aromatic N) is 2. The summed E-state index contributed by atoms with van der Waals surface area (Å²) in [4.78, 5) is 22.5. The number of carbonyl (C=O) groups is 1. The maximum Gasteiger partial charge on any atom is 0.307 e. The van der Waals surface area contributed by atoms with E-state index in [1.54, 1.807) is 25.3 Å². The van der Waals surface area contributed by atoms with Gasteiger partial charge in [-0.15, -0.1) is 11.3 Å². The van der Waals surface area contributed by atoms with Gasteiger partial charge in [0.25, 0.3) is 0 Å². The van der Waals surface area contributed by atoms with Crippen LogP contribution in [0.25, 0.3) is 10.2 Å². The molecule has 0 saturated heterocycles. The first-order chi connectivity index (χ1) is 10.2. The molecule has 0 atom stereocenters. The SMILES string of the molecule is CCOC(=O)CCNc1nc(NC)nc2sc(CC)cc12. The molecule has 0 fully saturated rings. The molecule has 2 aromatic heterocycles. The number of nitrogens with one attached hydrogen (secondary N) is 2. The number of aryl methyl sites for hydroxylation is 1. The zero-order valence-electron chi connectivity index (χ0n) is 12.5. The molecule has 0 bridgehead atoms. The van der Waals surface area contributed by atoms with Crippen molar-refractivity contribution in [2.24, 2.45) is 0 Å². The summed E-state index contributed by atoms with van der Waals surface area (Å²) in [5, 5.41) is 7.16. The highest BCUT2D eigenvalue weighted by Crippen LogP contribution is 2.30. The maximum absolute atomic E-state index is 11.4. The molecule has 7 heteroatoms. The summed E-state index contributed by atoms with van der Waals surface area (Å²) < 4.78 is 4.91. The smallest absolute Gasteiger partial charge is 0.307 e. The Kier molecular flexibility index (Phi) is 5.32. The maximum atomic E-state index is 11.4. The molecule has 6 nitrogen and oxygen atoms in total. The first-order valence-electron chi connectivity index (χ1n) is 7.05. The number of hydrogen-bond acceptors (Lipinski definition) is 7. The Morgan fingerprint density at radius 2 is 2.19 bits per heavy atom. The number of rotatable bonds is 7. The van der Waals surface area contributed by atoms with Crippen LogP contribution in [0.1, 0.15) is 25.1 Å². The Balaban J connectivity index is 2.16. The number of ether oxygens (including phenoxy) is 1. The third kappa shape index (κ3) is 3.81. The molecule has 0 aliphatic rings. The van der Waals surface area contributed by atoms with Crippen molar-refractivity contribution in [2.75, 3.05) is 30.8 Å². The van der Waals surface area contributed by atoms with Crippen LogP contribution in [-0.4, -0.2) is 36.1 Å². The molecular formula is C14H20N4O2S. The normalized spacial score (nSPS) is 10.6. The number of thiophene rings is 1. The van der Waals surface area contributed by atoms with Crippen molar-refractivity contribution in [3.8, 4) is 0 Å². The second kappa shape index (κ2) is 7.21. The predicted molar refractivity (Wildman–Crippen MR) is 86.1 cm³/mol. The molecule has 0 aromatic carbocycles. The molecule has 0 amide bonds. The third-order valence-electron chi connectivity index (χ3n) is 2.94. The molecule has 2 heterocycles. The molecule has 0 spiro atoms. The van der Waals surface area contributed by atoms with Gasteiger partial charge in [0.05, 0.1) is 18.4 Å². The van der Waals surface area contributed by atoms with E-state index < -0.39 is 0 Å². The summed E-state index contributed by atoms with van der Waals surface area (Å²) in [6.07, 6.45) is 1.29. The van der Waals surface area contributed by atoms with Crippen molar-refractivity contribution < 1.29 is 9.53 Å². The van der Waals surface area contributed by atoms with E-state index in [4.69, 9.17) is 4.74 Å². The van der Waals surface area contributed by atoms with Gasteiger partial charge in [-0.05, 0) is 19.4 Å². The fourth-order valence-electron chi connectivity index (χ4n) is 1.91. The van der Waals surface area contributed by atoms with Gasteiger partial charge >= 0.3 is 5.97 Å². The Morgan fingerprint density at radius 1 is 1.38 bits per heavy atom. The fourth-order valence-corrected chi connectivity index (χ4v) is 2.88. The Labute approximate surface area is 127 Å². The van der Waals surface area contributed by atoms with E-state index in [9.17, 15) is 4.79 Å². The summed E-state index contributed by atoms with van der Waals surface area (Å²) >= 11 is 1.67. The molecule has 2 aromatic rings. The van der Waals surface area contributed by atoms with Gasteiger partial charge in [0.15, 0.2) is 0 Å². The summed E-state index contributed by atoms with van der Waals surface area (Å²) in [5.41, 5.74) is 0. The highest BCUT2D eigenvalue weighted by molar-refractivity contribution is 7.18. The van der Waals surface area contributed by atoms with E-state index in [0.717, 1.165) is 22.5 Å². The van der Waals surface area contributed by atoms with E-state index in [0.29, 0.717) is 25.5 Å². The van der Waals surface area contributed by atoms with Crippen molar-refractivity contribution in [1.82, 2.24) is 9.97 Å². The zero-order valence-corrected chi connectivity index (χ0v) is 13.3. The Hall–Kier alpha value is -1.89. The van der Waals surface area contributed by atoms with Crippen LogP contribution in [-0.2, 0) is 16.0 Å². The number of hydrogen-bond donors (Lipinski definition) is 2. The fraction of sp³-hybridized carbons (Fsp3) is 0.500. The molecule has 114 valence electrons. The van der Waals surface area contributed by atoms with Crippen molar-refractivity contribution in [3.63, 3.8) is 0 Å². The van der Waals surface area contributed by atoms with Crippen molar-refractivity contribution in [2.45, 2.75) is 26.7 Å². The standard InChI is InChI=1S/C14H20N4O2S/c1-4-9-8-10-12(16-7-6-11(19)20-5-2)17-14(15-3)18-13(10)21-9/h8H,4-7H2,1-3H3,(H2,15,16,17,18). The predicted octanol–water partition coefficient (Wildman–Crippen LogP) is 2.66.